The Kier molecular flexibility index (Phi) is 6.03. The summed E-state index contributed by atoms with van der Waals surface area (Å²) >= 11 is 0. The van der Waals surface area contributed by atoms with Crippen LogP contribution in [-0.4, -0.2) is 25.4 Å². The molecule has 0 aromatic heterocycles. The van der Waals surface area contributed by atoms with Gasteiger partial charge in [0.1, 0.15) is 5.75 Å². The van der Waals surface area contributed by atoms with E-state index in [9.17, 15) is 0 Å². The van der Waals surface area contributed by atoms with E-state index in [1.165, 1.54) is 10.9 Å². The molecule has 0 aliphatic rings. The molecule has 1 atom stereocenters. The Morgan fingerprint density at radius 3 is 2.57 bits per heavy atom. The lowest BCUT2D eigenvalue weighted by Gasteiger charge is -2.15. The van der Waals surface area contributed by atoms with E-state index < -0.39 is 0 Å². The number of nitrogens with one attached hydrogen (secondary N) is 1. The van der Waals surface area contributed by atoms with Crippen LogP contribution >= 0.6 is 0 Å². The van der Waals surface area contributed by atoms with Crippen molar-refractivity contribution < 1.29 is 9.84 Å². The minimum atomic E-state index is 0.269. The zero-order valence-corrected chi connectivity index (χ0v) is 12.9. The number of benzene rings is 2. The molecule has 3 heteroatoms. The van der Waals surface area contributed by atoms with Gasteiger partial charge in [-0.3, -0.25) is 0 Å². The molecule has 2 rings (SSSR count). The van der Waals surface area contributed by atoms with Crippen LogP contribution in [-0.2, 0) is 6.54 Å². The Bertz CT molecular complexity index is 568. The highest BCUT2D eigenvalue weighted by Gasteiger charge is 2.08. The average molecular weight is 287 g/mol. The largest absolute Gasteiger partial charge is 0.496 e. The third-order valence-electron chi connectivity index (χ3n) is 4.06. The van der Waals surface area contributed by atoms with E-state index in [2.05, 4.69) is 36.5 Å². The first-order valence-corrected chi connectivity index (χ1v) is 7.66. The van der Waals surface area contributed by atoms with E-state index in [1.54, 1.807) is 7.11 Å². The molecule has 2 aromatic rings. The molecular weight excluding hydrogens is 262 g/mol. The normalized spacial score (nSPS) is 12.5. The molecule has 0 heterocycles. The molecular formula is C18H25NO2. The Labute approximate surface area is 126 Å². The minimum absolute atomic E-state index is 0.269. The Morgan fingerprint density at radius 2 is 1.90 bits per heavy atom. The van der Waals surface area contributed by atoms with E-state index in [0.717, 1.165) is 37.1 Å². The highest BCUT2D eigenvalue weighted by molar-refractivity contribution is 5.91. The first-order chi connectivity index (χ1) is 10.3. The maximum Gasteiger partial charge on any atom is 0.126 e. The van der Waals surface area contributed by atoms with Crippen molar-refractivity contribution in [3.8, 4) is 5.75 Å². The standard InChI is InChI=1S/C18H25NO2/c1-3-14(10-11-20)12-19-13-15-8-9-18(21-2)17-7-5-4-6-16(15)17/h4-9,14,19-20H,3,10-13H2,1-2H3. The van der Waals surface area contributed by atoms with Crippen LogP contribution in [0.5, 0.6) is 5.75 Å². The molecule has 2 aromatic carbocycles. The van der Waals surface area contributed by atoms with Crippen molar-refractivity contribution >= 4 is 10.8 Å². The van der Waals surface area contributed by atoms with E-state index in [4.69, 9.17) is 9.84 Å². The summed E-state index contributed by atoms with van der Waals surface area (Å²) in [6.45, 7) is 4.22. The molecule has 0 fully saturated rings. The van der Waals surface area contributed by atoms with Gasteiger partial charge in [-0.05, 0) is 35.9 Å². The van der Waals surface area contributed by atoms with Crippen LogP contribution < -0.4 is 10.1 Å². The lowest BCUT2D eigenvalue weighted by Crippen LogP contribution is -2.23. The van der Waals surface area contributed by atoms with Crippen molar-refractivity contribution in [1.29, 1.82) is 0 Å². The van der Waals surface area contributed by atoms with E-state index >= 15 is 0 Å². The van der Waals surface area contributed by atoms with Crippen LogP contribution in [0.15, 0.2) is 36.4 Å². The molecule has 0 bridgehead atoms. The number of aliphatic hydroxyl groups excluding tert-OH is 1. The Morgan fingerprint density at radius 1 is 1.14 bits per heavy atom. The fourth-order valence-corrected chi connectivity index (χ4v) is 2.71. The Balaban J connectivity index is 2.09. The van der Waals surface area contributed by atoms with Gasteiger partial charge in [0.15, 0.2) is 0 Å². The topological polar surface area (TPSA) is 41.5 Å². The molecule has 1 unspecified atom stereocenters. The van der Waals surface area contributed by atoms with Gasteiger partial charge in [-0.2, -0.15) is 0 Å². The first-order valence-electron chi connectivity index (χ1n) is 7.66. The molecule has 0 spiro atoms. The van der Waals surface area contributed by atoms with Crippen molar-refractivity contribution in [3.63, 3.8) is 0 Å². The number of hydrogen-bond donors (Lipinski definition) is 2. The van der Waals surface area contributed by atoms with Crippen LogP contribution in [0.3, 0.4) is 0 Å². The molecule has 0 amide bonds. The number of methoxy groups -OCH3 is 1. The molecule has 0 aliphatic heterocycles. The zero-order chi connectivity index (χ0) is 15.1. The summed E-state index contributed by atoms with van der Waals surface area (Å²) in [5, 5.41) is 14.9. The summed E-state index contributed by atoms with van der Waals surface area (Å²) in [7, 11) is 1.71. The van der Waals surface area contributed by atoms with Gasteiger partial charge in [0, 0.05) is 18.5 Å². The molecule has 21 heavy (non-hydrogen) atoms. The average Bonchev–Trinajstić information content (AvgIpc) is 2.54. The highest BCUT2D eigenvalue weighted by atomic mass is 16.5. The van der Waals surface area contributed by atoms with Crippen molar-refractivity contribution in [2.75, 3.05) is 20.3 Å². The van der Waals surface area contributed by atoms with Crippen molar-refractivity contribution in [3.05, 3.63) is 42.0 Å². The Hall–Kier alpha value is -1.58. The number of aliphatic hydroxyl groups is 1. The van der Waals surface area contributed by atoms with Crippen LogP contribution in [0.2, 0.25) is 0 Å². The number of fused-ring (bicyclic) bond motifs is 1. The fourth-order valence-electron chi connectivity index (χ4n) is 2.71. The summed E-state index contributed by atoms with van der Waals surface area (Å²) in [5.74, 6) is 1.46. The summed E-state index contributed by atoms with van der Waals surface area (Å²) in [6, 6.07) is 12.5. The third-order valence-corrected chi connectivity index (χ3v) is 4.06. The molecule has 0 radical (unpaired) electrons. The number of hydrogen-bond acceptors (Lipinski definition) is 3. The molecule has 0 aliphatic carbocycles. The van der Waals surface area contributed by atoms with E-state index in [-0.39, 0.29) is 6.61 Å². The highest BCUT2D eigenvalue weighted by Crippen LogP contribution is 2.28. The van der Waals surface area contributed by atoms with Crippen LogP contribution in [0.4, 0.5) is 0 Å². The van der Waals surface area contributed by atoms with Crippen molar-refractivity contribution in [1.82, 2.24) is 5.32 Å². The number of rotatable bonds is 8. The molecule has 0 saturated carbocycles. The van der Waals surface area contributed by atoms with Crippen LogP contribution in [0, 0.1) is 5.92 Å². The molecule has 2 N–H and O–H groups in total. The maximum atomic E-state index is 9.04. The van der Waals surface area contributed by atoms with Gasteiger partial charge in [-0.25, -0.2) is 0 Å². The summed E-state index contributed by atoms with van der Waals surface area (Å²) in [5.41, 5.74) is 1.28. The van der Waals surface area contributed by atoms with Crippen molar-refractivity contribution in [2.45, 2.75) is 26.3 Å². The lowest BCUT2D eigenvalue weighted by molar-refractivity contribution is 0.251. The van der Waals surface area contributed by atoms with Gasteiger partial charge < -0.3 is 15.2 Å². The summed E-state index contributed by atoms with van der Waals surface area (Å²) < 4.78 is 5.43. The van der Waals surface area contributed by atoms with E-state index in [0.29, 0.717) is 5.92 Å². The third kappa shape index (κ3) is 3.96. The minimum Gasteiger partial charge on any atom is -0.496 e. The summed E-state index contributed by atoms with van der Waals surface area (Å²) in [6.07, 6.45) is 1.96. The molecule has 0 saturated heterocycles. The molecule has 114 valence electrons. The van der Waals surface area contributed by atoms with E-state index in [1.807, 2.05) is 12.1 Å². The monoisotopic (exact) mass is 287 g/mol. The second-order valence-electron chi connectivity index (χ2n) is 5.39. The van der Waals surface area contributed by atoms with Crippen molar-refractivity contribution in [2.24, 2.45) is 5.92 Å². The second kappa shape index (κ2) is 8.01. The predicted octanol–water partition coefficient (Wildman–Crippen LogP) is 3.35. The van der Waals surface area contributed by atoms with Crippen LogP contribution in [0.1, 0.15) is 25.3 Å². The van der Waals surface area contributed by atoms with Gasteiger partial charge in [-0.15, -0.1) is 0 Å². The fraction of sp³-hybridized carbons (Fsp3) is 0.444. The number of ether oxygens (including phenoxy) is 1. The predicted molar refractivity (Wildman–Crippen MR) is 87.7 cm³/mol. The van der Waals surface area contributed by atoms with Gasteiger partial charge in [0.25, 0.3) is 0 Å². The summed E-state index contributed by atoms with van der Waals surface area (Å²) in [4.78, 5) is 0. The smallest absolute Gasteiger partial charge is 0.126 e. The van der Waals surface area contributed by atoms with Gasteiger partial charge in [-0.1, -0.05) is 43.7 Å². The maximum absolute atomic E-state index is 9.04. The molecule has 3 nitrogen and oxygen atoms in total. The quantitative estimate of drug-likeness (QED) is 0.782. The van der Waals surface area contributed by atoms with Gasteiger partial charge in [0.05, 0.1) is 7.11 Å². The first kappa shape index (κ1) is 15.8. The second-order valence-corrected chi connectivity index (χ2v) is 5.39. The van der Waals surface area contributed by atoms with Crippen LogP contribution in [0.25, 0.3) is 10.8 Å². The zero-order valence-electron chi connectivity index (χ0n) is 12.9. The lowest BCUT2D eigenvalue weighted by atomic mass is 10.0. The van der Waals surface area contributed by atoms with Gasteiger partial charge in [0.2, 0.25) is 0 Å². The SMILES string of the molecule is CCC(CCO)CNCc1ccc(OC)c2ccccc12. The van der Waals surface area contributed by atoms with Gasteiger partial charge >= 0.3 is 0 Å².